The van der Waals surface area contributed by atoms with Crippen molar-refractivity contribution in [2.75, 3.05) is 0 Å². The molecule has 0 spiro atoms. The molecule has 17 heavy (non-hydrogen) atoms. The van der Waals surface area contributed by atoms with E-state index in [1.54, 1.807) is 12.4 Å². The first-order valence-corrected chi connectivity index (χ1v) is 5.61. The van der Waals surface area contributed by atoms with E-state index in [9.17, 15) is 4.79 Å². The Labute approximate surface area is 102 Å². The van der Waals surface area contributed by atoms with Gasteiger partial charge in [-0.05, 0) is 12.3 Å². The number of aryl methyl sites for hydroxylation is 1. The van der Waals surface area contributed by atoms with Crippen LogP contribution < -0.4 is 11.1 Å². The molecule has 0 saturated carbocycles. The molecule has 5 nitrogen and oxygen atoms in total. The number of hydrogen-bond donors (Lipinski definition) is 2. The lowest BCUT2D eigenvalue weighted by atomic mass is 9.87. The Bertz CT molecular complexity index is 380. The molecule has 1 aromatic rings. The van der Waals surface area contributed by atoms with E-state index in [0.717, 1.165) is 11.4 Å². The Hall–Kier alpha value is -1.49. The van der Waals surface area contributed by atoms with Gasteiger partial charge in [-0.1, -0.05) is 20.8 Å². The molecule has 0 unspecified atom stereocenters. The van der Waals surface area contributed by atoms with Crippen molar-refractivity contribution in [3.05, 3.63) is 23.8 Å². The van der Waals surface area contributed by atoms with Gasteiger partial charge in [-0.3, -0.25) is 14.8 Å². The molecular formula is C12H20N4O. The number of nitrogens with zero attached hydrogens (tertiary/aromatic N) is 2. The summed E-state index contributed by atoms with van der Waals surface area (Å²) in [5.41, 5.74) is 7.17. The molecule has 1 rings (SSSR count). The normalized spacial score (nSPS) is 13.2. The Morgan fingerprint density at radius 1 is 1.41 bits per heavy atom. The minimum absolute atomic E-state index is 0.167. The van der Waals surface area contributed by atoms with Crippen LogP contribution in [0.5, 0.6) is 0 Å². The third kappa shape index (κ3) is 4.11. The summed E-state index contributed by atoms with van der Waals surface area (Å²) in [6.07, 6.45) is 3.32. The fraction of sp³-hybridized carbons (Fsp3) is 0.583. The molecule has 0 saturated heterocycles. The van der Waals surface area contributed by atoms with Gasteiger partial charge in [0.15, 0.2) is 0 Å². The first-order valence-electron chi connectivity index (χ1n) is 5.61. The zero-order valence-electron chi connectivity index (χ0n) is 10.8. The highest BCUT2D eigenvalue weighted by molar-refractivity contribution is 5.82. The van der Waals surface area contributed by atoms with Crippen LogP contribution in [-0.4, -0.2) is 21.9 Å². The maximum absolute atomic E-state index is 11.7. The second kappa shape index (κ2) is 5.23. The second-order valence-electron chi connectivity index (χ2n) is 5.21. The number of carbonyl (C=O) groups is 1. The summed E-state index contributed by atoms with van der Waals surface area (Å²) in [4.78, 5) is 20.0. The number of hydrogen-bond acceptors (Lipinski definition) is 4. The van der Waals surface area contributed by atoms with Crippen LogP contribution in [0.1, 0.15) is 32.2 Å². The predicted octanol–water partition coefficient (Wildman–Crippen LogP) is 0.775. The molecule has 0 aromatic carbocycles. The number of nitrogens with two attached hydrogens (primary N) is 1. The summed E-state index contributed by atoms with van der Waals surface area (Å²) in [5, 5.41) is 2.76. The summed E-state index contributed by atoms with van der Waals surface area (Å²) in [6.45, 7) is 8.02. The Balaban J connectivity index is 2.51. The lowest BCUT2D eigenvalue weighted by Gasteiger charge is -2.25. The molecule has 0 fully saturated rings. The molecule has 0 aliphatic carbocycles. The average Bonchev–Trinajstić information content (AvgIpc) is 2.25. The zero-order valence-corrected chi connectivity index (χ0v) is 10.8. The molecule has 1 aromatic heterocycles. The van der Waals surface area contributed by atoms with Gasteiger partial charge >= 0.3 is 0 Å². The number of amides is 1. The molecule has 5 heteroatoms. The molecule has 94 valence electrons. The van der Waals surface area contributed by atoms with Crippen molar-refractivity contribution in [2.45, 2.75) is 40.3 Å². The smallest absolute Gasteiger partial charge is 0.237 e. The lowest BCUT2D eigenvalue weighted by molar-refractivity contribution is -0.124. The first-order chi connectivity index (χ1) is 7.80. The van der Waals surface area contributed by atoms with E-state index < -0.39 is 6.04 Å². The SMILES string of the molecule is Cc1cnc(CNC(=O)[C@H](N)C(C)(C)C)cn1. The van der Waals surface area contributed by atoms with Crippen molar-refractivity contribution < 1.29 is 4.79 Å². The third-order valence-electron chi connectivity index (χ3n) is 2.49. The highest BCUT2D eigenvalue weighted by atomic mass is 16.2. The van der Waals surface area contributed by atoms with Crippen LogP contribution in [0.2, 0.25) is 0 Å². The summed E-state index contributed by atoms with van der Waals surface area (Å²) in [7, 11) is 0. The van der Waals surface area contributed by atoms with Crippen LogP contribution >= 0.6 is 0 Å². The zero-order chi connectivity index (χ0) is 13.1. The van der Waals surface area contributed by atoms with Gasteiger partial charge in [0.1, 0.15) is 0 Å². The van der Waals surface area contributed by atoms with Gasteiger partial charge < -0.3 is 11.1 Å². The van der Waals surface area contributed by atoms with E-state index in [4.69, 9.17) is 5.73 Å². The van der Waals surface area contributed by atoms with Crippen LogP contribution in [0.4, 0.5) is 0 Å². The summed E-state index contributed by atoms with van der Waals surface area (Å²) >= 11 is 0. The molecule has 0 aliphatic heterocycles. The standard InChI is InChI=1S/C12H20N4O/c1-8-5-15-9(6-14-8)7-16-11(17)10(13)12(2,3)4/h5-6,10H,7,13H2,1-4H3,(H,16,17)/t10-/m0/s1. The summed E-state index contributed by atoms with van der Waals surface area (Å²) in [5.74, 6) is -0.167. The molecule has 0 aliphatic rings. The van der Waals surface area contributed by atoms with Crippen LogP contribution in [-0.2, 0) is 11.3 Å². The van der Waals surface area contributed by atoms with Crippen molar-refractivity contribution >= 4 is 5.91 Å². The second-order valence-corrected chi connectivity index (χ2v) is 5.21. The number of carbonyl (C=O) groups excluding carboxylic acids is 1. The van der Waals surface area contributed by atoms with Gasteiger partial charge in [0.2, 0.25) is 5.91 Å². The van der Waals surface area contributed by atoms with Crippen LogP contribution in [0.25, 0.3) is 0 Å². The molecule has 0 radical (unpaired) electrons. The van der Waals surface area contributed by atoms with Crippen molar-refractivity contribution in [3.63, 3.8) is 0 Å². The number of aromatic nitrogens is 2. The quantitative estimate of drug-likeness (QED) is 0.812. The van der Waals surface area contributed by atoms with Crippen LogP contribution in [0.3, 0.4) is 0 Å². The average molecular weight is 236 g/mol. The van der Waals surface area contributed by atoms with Gasteiger partial charge in [0.05, 0.1) is 30.2 Å². The fourth-order valence-electron chi connectivity index (χ4n) is 1.19. The highest BCUT2D eigenvalue weighted by Gasteiger charge is 2.27. The van der Waals surface area contributed by atoms with E-state index in [0.29, 0.717) is 6.54 Å². The minimum Gasteiger partial charge on any atom is -0.349 e. The van der Waals surface area contributed by atoms with Crippen molar-refractivity contribution in [1.82, 2.24) is 15.3 Å². The van der Waals surface area contributed by atoms with E-state index in [1.807, 2.05) is 27.7 Å². The van der Waals surface area contributed by atoms with E-state index in [2.05, 4.69) is 15.3 Å². The molecule has 1 amide bonds. The minimum atomic E-state index is -0.527. The van der Waals surface area contributed by atoms with Gasteiger partial charge in [-0.25, -0.2) is 0 Å². The molecular weight excluding hydrogens is 216 g/mol. The van der Waals surface area contributed by atoms with Gasteiger partial charge in [-0.15, -0.1) is 0 Å². The van der Waals surface area contributed by atoms with Crippen LogP contribution in [0, 0.1) is 12.3 Å². The largest absolute Gasteiger partial charge is 0.349 e. The first kappa shape index (κ1) is 13.6. The van der Waals surface area contributed by atoms with Crippen LogP contribution in [0.15, 0.2) is 12.4 Å². The Morgan fingerprint density at radius 3 is 2.53 bits per heavy atom. The molecule has 3 N–H and O–H groups in total. The molecule has 1 atom stereocenters. The molecule has 1 heterocycles. The monoisotopic (exact) mass is 236 g/mol. The third-order valence-corrected chi connectivity index (χ3v) is 2.49. The predicted molar refractivity (Wildman–Crippen MR) is 66.0 cm³/mol. The van der Waals surface area contributed by atoms with Crippen molar-refractivity contribution in [2.24, 2.45) is 11.1 Å². The Morgan fingerprint density at radius 2 is 2.06 bits per heavy atom. The van der Waals surface area contributed by atoms with Gasteiger partial charge in [-0.2, -0.15) is 0 Å². The topological polar surface area (TPSA) is 80.9 Å². The summed E-state index contributed by atoms with van der Waals surface area (Å²) in [6, 6.07) is -0.527. The van der Waals surface area contributed by atoms with E-state index in [1.165, 1.54) is 0 Å². The van der Waals surface area contributed by atoms with Gasteiger partial charge in [0, 0.05) is 6.20 Å². The Kier molecular flexibility index (Phi) is 4.17. The van der Waals surface area contributed by atoms with E-state index >= 15 is 0 Å². The highest BCUT2D eigenvalue weighted by Crippen LogP contribution is 2.17. The maximum Gasteiger partial charge on any atom is 0.237 e. The number of rotatable bonds is 3. The molecule has 0 bridgehead atoms. The lowest BCUT2D eigenvalue weighted by Crippen LogP contribution is -2.48. The number of nitrogens with one attached hydrogen (secondary N) is 1. The fourth-order valence-corrected chi connectivity index (χ4v) is 1.19. The maximum atomic E-state index is 11.7. The summed E-state index contributed by atoms with van der Waals surface area (Å²) < 4.78 is 0. The van der Waals surface area contributed by atoms with Crippen molar-refractivity contribution in [1.29, 1.82) is 0 Å². The van der Waals surface area contributed by atoms with Gasteiger partial charge in [0.25, 0.3) is 0 Å². The van der Waals surface area contributed by atoms with Crippen molar-refractivity contribution in [3.8, 4) is 0 Å². The van der Waals surface area contributed by atoms with E-state index in [-0.39, 0.29) is 11.3 Å².